The molecule has 0 aliphatic carbocycles. The van der Waals surface area contributed by atoms with Crippen molar-refractivity contribution in [1.29, 1.82) is 0 Å². The lowest BCUT2D eigenvalue weighted by Gasteiger charge is -2.04. The first kappa shape index (κ1) is 14.6. The number of thioether (sulfide) groups is 1. The molecule has 0 atom stereocenters. The molecule has 7 heteroatoms. The van der Waals surface area contributed by atoms with Crippen molar-refractivity contribution < 1.29 is 13.9 Å². The lowest BCUT2D eigenvalue weighted by atomic mass is 10.2. The Morgan fingerprint density at radius 3 is 2.65 bits per heavy atom. The van der Waals surface area contributed by atoms with Gasteiger partial charge in [0.15, 0.2) is 11.5 Å². The standard InChI is InChI=1S/C16H11BrN2O3S/c17-12-7-14-13(20-9-21-14)6-11(12)8-23-16-19-18-15(22-16)10-4-2-1-3-5-10/h1-7H,8-9H2. The summed E-state index contributed by atoms with van der Waals surface area (Å²) in [6.07, 6.45) is 0. The Labute approximate surface area is 145 Å². The number of hydrogen-bond acceptors (Lipinski definition) is 6. The van der Waals surface area contributed by atoms with E-state index in [2.05, 4.69) is 26.1 Å². The molecule has 0 radical (unpaired) electrons. The highest BCUT2D eigenvalue weighted by molar-refractivity contribution is 9.10. The zero-order valence-corrected chi connectivity index (χ0v) is 14.3. The van der Waals surface area contributed by atoms with Gasteiger partial charge in [-0.1, -0.05) is 45.9 Å². The largest absolute Gasteiger partial charge is 0.454 e. The van der Waals surface area contributed by atoms with Gasteiger partial charge in [0.1, 0.15) is 0 Å². The summed E-state index contributed by atoms with van der Waals surface area (Å²) in [5, 5.41) is 8.71. The summed E-state index contributed by atoms with van der Waals surface area (Å²) in [5.74, 6) is 2.74. The highest BCUT2D eigenvalue weighted by atomic mass is 79.9. The maximum Gasteiger partial charge on any atom is 0.277 e. The van der Waals surface area contributed by atoms with E-state index in [-0.39, 0.29) is 6.79 Å². The first-order valence-corrected chi connectivity index (χ1v) is 8.67. The Morgan fingerprint density at radius 1 is 1.04 bits per heavy atom. The van der Waals surface area contributed by atoms with Gasteiger partial charge in [0.05, 0.1) is 0 Å². The van der Waals surface area contributed by atoms with Crippen molar-refractivity contribution in [3.8, 4) is 23.0 Å². The van der Waals surface area contributed by atoms with Crippen LogP contribution in [0.4, 0.5) is 0 Å². The van der Waals surface area contributed by atoms with E-state index in [1.165, 1.54) is 11.8 Å². The number of ether oxygens (including phenoxy) is 2. The topological polar surface area (TPSA) is 57.4 Å². The Balaban J connectivity index is 1.49. The minimum atomic E-state index is 0.266. The van der Waals surface area contributed by atoms with Crippen LogP contribution in [0.2, 0.25) is 0 Å². The molecular weight excluding hydrogens is 380 g/mol. The highest BCUT2D eigenvalue weighted by Crippen LogP contribution is 2.39. The fourth-order valence-corrected chi connectivity index (χ4v) is 3.58. The third-order valence-electron chi connectivity index (χ3n) is 3.32. The lowest BCUT2D eigenvalue weighted by Crippen LogP contribution is -1.92. The zero-order valence-electron chi connectivity index (χ0n) is 11.9. The molecular formula is C16H11BrN2O3S. The SMILES string of the molecule is Brc1cc2c(cc1CSc1nnc(-c3ccccc3)o1)OCO2. The van der Waals surface area contributed by atoms with Crippen molar-refractivity contribution in [2.24, 2.45) is 0 Å². The van der Waals surface area contributed by atoms with E-state index < -0.39 is 0 Å². The minimum absolute atomic E-state index is 0.266. The second-order valence-electron chi connectivity index (χ2n) is 4.82. The predicted molar refractivity (Wildman–Crippen MR) is 89.6 cm³/mol. The fourth-order valence-electron chi connectivity index (χ4n) is 2.17. The summed E-state index contributed by atoms with van der Waals surface area (Å²) in [6, 6.07) is 13.6. The average Bonchev–Trinajstić information content (AvgIpc) is 3.22. The molecule has 0 unspecified atom stereocenters. The Kier molecular flexibility index (Phi) is 3.97. The number of benzene rings is 2. The molecule has 0 fully saturated rings. The number of rotatable bonds is 4. The smallest absolute Gasteiger partial charge is 0.277 e. The molecule has 1 aliphatic heterocycles. The van der Waals surface area contributed by atoms with Crippen molar-refractivity contribution in [1.82, 2.24) is 10.2 Å². The quantitative estimate of drug-likeness (QED) is 0.610. The molecule has 2 heterocycles. The van der Waals surface area contributed by atoms with E-state index in [9.17, 15) is 0 Å². The molecule has 4 rings (SSSR count). The number of aromatic nitrogens is 2. The molecule has 1 aliphatic rings. The van der Waals surface area contributed by atoms with E-state index in [4.69, 9.17) is 13.9 Å². The second-order valence-corrected chi connectivity index (χ2v) is 6.61. The van der Waals surface area contributed by atoms with Gasteiger partial charge in [-0.2, -0.15) is 0 Å². The predicted octanol–water partition coefficient (Wildman–Crippen LogP) is 4.52. The molecule has 2 aromatic carbocycles. The normalized spacial score (nSPS) is 12.6. The van der Waals surface area contributed by atoms with E-state index in [1.807, 2.05) is 42.5 Å². The van der Waals surface area contributed by atoms with Crippen LogP contribution in [0, 0.1) is 0 Å². The number of hydrogen-bond donors (Lipinski definition) is 0. The molecule has 1 aromatic heterocycles. The van der Waals surface area contributed by atoms with Crippen molar-refractivity contribution >= 4 is 27.7 Å². The summed E-state index contributed by atoms with van der Waals surface area (Å²) >= 11 is 5.03. The van der Waals surface area contributed by atoms with Crippen LogP contribution < -0.4 is 9.47 Å². The Morgan fingerprint density at radius 2 is 1.83 bits per heavy atom. The number of fused-ring (bicyclic) bond motifs is 1. The molecule has 0 spiro atoms. The van der Waals surface area contributed by atoms with Gasteiger partial charge in [0.2, 0.25) is 12.7 Å². The molecule has 0 saturated carbocycles. The van der Waals surface area contributed by atoms with Crippen LogP contribution >= 0.6 is 27.7 Å². The molecule has 0 N–H and O–H groups in total. The summed E-state index contributed by atoms with van der Waals surface area (Å²) in [4.78, 5) is 0. The summed E-state index contributed by atoms with van der Waals surface area (Å²) in [6.45, 7) is 0.266. The van der Waals surface area contributed by atoms with Crippen LogP contribution in [0.5, 0.6) is 11.5 Å². The van der Waals surface area contributed by atoms with Gasteiger partial charge >= 0.3 is 0 Å². The zero-order chi connectivity index (χ0) is 15.6. The summed E-state index contributed by atoms with van der Waals surface area (Å²) in [5.41, 5.74) is 2.00. The van der Waals surface area contributed by atoms with Crippen LogP contribution in [-0.2, 0) is 5.75 Å². The number of halogens is 1. The highest BCUT2D eigenvalue weighted by Gasteiger charge is 2.17. The molecule has 5 nitrogen and oxygen atoms in total. The van der Waals surface area contributed by atoms with E-state index in [1.54, 1.807) is 0 Å². The van der Waals surface area contributed by atoms with Gasteiger partial charge < -0.3 is 13.9 Å². The van der Waals surface area contributed by atoms with Crippen molar-refractivity contribution in [3.05, 3.63) is 52.5 Å². The maximum absolute atomic E-state index is 5.69. The monoisotopic (exact) mass is 390 g/mol. The molecule has 23 heavy (non-hydrogen) atoms. The average molecular weight is 391 g/mol. The van der Waals surface area contributed by atoms with Gasteiger partial charge in [0, 0.05) is 15.8 Å². The Hall–Kier alpha value is -1.99. The van der Waals surface area contributed by atoms with Crippen LogP contribution in [0.3, 0.4) is 0 Å². The van der Waals surface area contributed by atoms with Crippen molar-refractivity contribution in [2.45, 2.75) is 11.0 Å². The van der Waals surface area contributed by atoms with Crippen molar-refractivity contribution in [2.75, 3.05) is 6.79 Å². The summed E-state index contributed by atoms with van der Waals surface area (Å²) in [7, 11) is 0. The number of nitrogens with zero attached hydrogens (tertiary/aromatic N) is 2. The first-order chi connectivity index (χ1) is 11.3. The van der Waals surface area contributed by atoms with Gasteiger partial charge in [-0.25, -0.2) is 0 Å². The van der Waals surface area contributed by atoms with Crippen LogP contribution in [0.15, 0.2) is 56.6 Å². The van der Waals surface area contributed by atoms with Crippen LogP contribution in [-0.4, -0.2) is 17.0 Å². The second kappa shape index (κ2) is 6.25. The van der Waals surface area contributed by atoms with Gasteiger partial charge in [-0.3, -0.25) is 0 Å². The maximum atomic E-state index is 5.69. The van der Waals surface area contributed by atoms with Gasteiger partial charge in [-0.05, 0) is 29.8 Å². The van der Waals surface area contributed by atoms with E-state index in [0.29, 0.717) is 16.9 Å². The first-order valence-electron chi connectivity index (χ1n) is 6.89. The third-order valence-corrected chi connectivity index (χ3v) is 4.93. The van der Waals surface area contributed by atoms with Crippen molar-refractivity contribution in [3.63, 3.8) is 0 Å². The van der Waals surface area contributed by atoms with E-state index >= 15 is 0 Å². The molecule has 3 aromatic rings. The summed E-state index contributed by atoms with van der Waals surface area (Å²) < 4.78 is 17.4. The van der Waals surface area contributed by atoms with E-state index in [0.717, 1.165) is 27.1 Å². The molecule has 116 valence electrons. The van der Waals surface area contributed by atoms with Gasteiger partial charge in [-0.15, -0.1) is 10.2 Å². The van der Waals surface area contributed by atoms with Crippen LogP contribution in [0.1, 0.15) is 5.56 Å². The fraction of sp³-hybridized carbons (Fsp3) is 0.125. The molecule has 0 saturated heterocycles. The molecule has 0 amide bonds. The minimum Gasteiger partial charge on any atom is -0.454 e. The third kappa shape index (κ3) is 3.07. The lowest BCUT2D eigenvalue weighted by molar-refractivity contribution is 0.174. The van der Waals surface area contributed by atoms with Crippen LogP contribution in [0.25, 0.3) is 11.5 Å². The molecule has 0 bridgehead atoms. The van der Waals surface area contributed by atoms with Gasteiger partial charge in [0.25, 0.3) is 5.22 Å². The Bertz CT molecular complexity index is 839.